The van der Waals surface area contributed by atoms with Gasteiger partial charge in [0.05, 0.1) is 18.1 Å². The zero-order chi connectivity index (χ0) is 33.2. The zero-order valence-electron chi connectivity index (χ0n) is 29.0. The second kappa shape index (κ2) is 17.1. The van der Waals surface area contributed by atoms with Crippen molar-refractivity contribution in [3.8, 4) is 11.5 Å². The summed E-state index contributed by atoms with van der Waals surface area (Å²) in [6.07, 6.45) is 20.3. The summed E-state index contributed by atoms with van der Waals surface area (Å²) in [5.41, 5.74) is 2.35. The van der Waals surface area contributed by atoms with Crippen molar-refractivity contribution in [2.45, 2.75) is 128 Å². The Balaban J connectivity index is 1.25. The fourth-order valence-corrected chi connectivity index (χ4v) is 7.85. The lowest BCUT2D eigenvalue weighted by Gasteiger charge is -2.31. The number of benzene rings is 1. The van der Waals surface area contributed by atoms with Gasteiger partial charge < -0.3 is 30.1 Å². The number of aliphatic hydroxyl groups excluding tert-OH is 2. The predicted octanol–water partition coefficient (Wildman–Crippen LogP) is 6.35. The molecule has 5 rings (SSSR count). The second-order valence-electron chi connectivity index (χ2n) is 14.7. The number of aliphatic hydroxyl groups is 2. The maximum absolute atomic E-state index is 10.8. The Labute approximate surface area is 283 Å². The Morgan fingerprint density at radius 3 is 2.66 bits per heavy atom. The number of ether oxygens (including phenoxy) is 2. The highest BCUT2D eigenvalue weighted by atomic mass is 16.5. The van der Waals surface area contributed by atoms with Crippen LogP contribution < -0.4 is 15.4 Å². The summed E-state index contributed by atoms with van der Waals surface area (Å²) in [4.78, 5) is 4.97. The molecule has 2 aliphatic heterocycles. The molecular formula is C39H59N3O5. The number of allylic oxidation sites excluding steroid dienone is 1. The van der Waals surface area contributed by atoms with Gasteiger partial charge in [-0.3, -0.25) is 5.32 Å². The first-order valence-electron chi connectivity index (χ1n) is 18.3. The smallest absolute Gasteiger partial charge is 0.176 e. The van der Waals surface area contributed by atoms with Gasteiger partial charge in [-0.25, -0.2) is 0 Å². The monoisotopic (exact) mass is 649 g/mol. The summed E-state index contributed by atoms with van der Waals surface area (Å²) >= 11 is 0. The van der Waals surface area contributed by atoms with E-state index < -0.39 is 0 Å². The molecule has 1 aromatic carbocycles. The van der Waals surface area contributed by atoms with Crippen molar-refractivity contribution in [3.05, 3.63) is 59.2 Å². The van der Waals surface area contributed by atoms with E-state index in [1.807, 2.05) is 25.1 Å². The molecule has 4 atom stereocenters. The topological polar surface area (TPSA) is 116 Å². The number of phenols is 1. The number of nitrogens with one attached hydrogen (secondary N) is 2. The number of phenolic OH excluding ortho intramolecular Hbond substituents is 1. The Hall–Kier alpha value is -2.65. The Bertz CT molecular complexity index is 1220. The van der Waals surface area contributed by atoms with Gasteiger partial charge in [0, 0.05) is 31.3 Å². The van der Waals surface area contributed by atoms with Gasteiger partial charge in [-0.05, 0) is 76.0 Å². The quantitative estimate of drug-likeness (QED) is 0.111. The van der Waals surface area contributed by atoms with E-state index in [1.54, 1.807) is 6.07 Å². The van der Waals surface area contributed by atoms with E-state index in [4.69, 9.17) is 14.5 Å². The summed E-state index contributed by atoms with van der Waals surface area (Å²) in [5.74, 6) is 3.49. The van der Waals surface area contributed by atoms with Crippen molar-refractivity contribution in [1.82, 2.24) is 10.6 Å². The summed E-state index contributed by atoms with van der Waals surface area (Å²) < 4.78 is 12.6. The molecule has 0 radical (unpaired) electrons. The van der Waals surface area contributed by atoms with Crippen molar-refractivity contribution in [2.24, 2.45) is 16.8 Å². The molecule has 1 unspecified atom stereocenters. The Morgan fingerprint density at radius 2 is 1.94 bits per heavy atom. The Kier molecular flexibility index (Phi) is 13.0. The number of rotatable bonds is 19. The van der Waals surface area contributed by atoms with Crippen LogP contribution in [0.25, 0.3) is 0 Å². The molecular weight excluding hydrogens is 590 g/mol. The second-order valence-corrected chi connectivity index (χ2v) is 14.7. The molecule has 2 saturated carbocycles. The predicted molar refractivity (Wildman–Crippen MR) is 188 cm³/mol. The molecule has 0 spiro atoms. The first-order valence-corrected chi connectivity index (χ1v) is 18.3. The van der Waals surface area contributed by atoms with E-state index in [0.29, 0.717) is 30.7 Å². The molecule has 4 aliphatic rings. The molecule has 5 N–H and O–H groups in total. The standard InChI is InChI=1S/C39H59N3O5/c1-4-5-12-37-31(25-43)20-32(47-37)15-13-28-14-16-36(45)38(19-28)46-26-35(42-39(3)17-8-9-18-39)34-21-30(23-41-34)33(24-40-22-27(2)44)29-10-6-7-11-29/h14,16,19-21,23,27,29,33,35,37,40,42-45H,4-13,15,17-18,22,24-26H2,1-3H3/t27-,33+,35-,37?/m0/s1. The van der Waals surface area contributed by atoms with Crippen LogP contribution in [0.3, 0.4) is 0 Å². The number of aromatic hydroxyl groups is 1. The number of hydrogen-bond donors (Lipinski definition) is 5. The number of hydrogen-bond acceptors (Lipinski definition) is 8. The van der Waals surface area contributed by atoms with E-state index in [9.17, 15) is 15.3 Å². The van der Waals surface area contributed by atoms with Crippen LogP contribution in [0.1, 0.15) is 103 Å². The highest BCUT2D eigenvalue weighted by Crippen LogP contribution is 2.38. The van der Waals surface area contributed by atoms with Crippen molar-refractivity contribution in [3.63, 3.8) is 0 Å². The van der Waals surface area contributed by atoms with E-state index in [2.05, 4.69) is 36.8 Å². The van der Waals surface area contributed by atoms with Gasteiger partial charge in [-0.15, -0.1) is 4.99 Å². The van der Waals surface area contributed by atoms with Crippen LogP contribution >= 0.6 is 0 Å². The molecule has 8 nitrogen and oxygen atoms in total. The maximum Gasteiger partial charge on any atom is 0.176 e. The molecule has 260 valence electrons. The third kappa shape index (κ3) is 9.94. The van der Waals surface area contributed by atoms with Gasteiger partial charge in [0.1, 0.15) is 18.2 Å². The highest BCUT2D eigenvalue weighted by molar-refractivity contribution is 5.84. The fourth-order valence-electron chi connectivity index (χ4n) is 7.85. The van der Waals surface area contributed by atoms with Gasteiger partial charge in [-0.1, -0.05) is 63.7 Å². The van der Waals surface area contributed by atoms with Crippen LogP contribution in [-0.4, -0.2) is 71.6 Å². The average molecular weight is 650 g/mol. The van der Waals surface area contributed by atoms with Crippen molar-refractivity contribution < 1.29 is 24.8 Å². The van der Waals surface area contributed by atoms with Gasteiger partial charge in [0.25, 0.3) is 0 Å². The lowest BCUT2D eigenvalue weighted by molar-refractivity contribution is 0.123. The van der Waals surface area contributed by atoms with Gasteiger partial charge in [0.2, 0.25) is 0 Å². The molecule has 2 heterocycles. The molecule has 2 aliphatic carbocycles. The van der Waals surface area contributed by atoms with Crippen molar-refractivity contribution >= 4 is 6.21 Å². The summed E-state index contributed by atoms with van der Waals surface area (Å²) in [6.45, 7) is 8.13. The van der Waals surface area contributed by atoms with E-state index in [1.165, 1.54) is 44.1 Å². The van der Waals surface area contributed by atoms with E-state index in [0.717, 1.165) is 74.8 Å². The number of nitrogens with zero attached hydrogens (tertiary/aromatic N) is 1. The number of aryl methyl sites for hydroxylation is 1. The third-order valence-corrected chi connectivity index (χ3v) is 10.6. The zero-order valence-corrected chi connectivity index (χ0v) is 29.0. The van der Waals surface area contributed by atoms with Gasteiger partial charge in [0.15, 0.2) is 23.8 Å². The third-order valence-electron chi connectivity index (χ3n) is 10.6. The van der Waals surface area contributed by atoms with Gasteiger partial charge in [-0.2, -0.15) is 12.0 Å². The lowest BCUT2D eigenvalue weighted by atomic mass is 9.84. The van der Waals surface area contributed by atoms with Crippen molar-refractivity contribution in [1.29, 1.82) is 0 Å². The van der Waals surface area contributed by atoms with Crippen LogP contribution in [0.15, 0.2) is 46.7 Å². The van der Waals surface area contributed by atoms with Crippen LogP contribution in [-0.2, 0) is 11.2 Å². The SMILES string of the molecule is CCCCC1OC(CCc2ccc(O)c(OC[C@H](NC3(C)CCCC3)[C+]3C=C([C@H](CNC[C@H](C)O)C4CCCC4)C=N3)c2)=C[C-]1CO. The number of unbranched alkanes of at least 4 members (excludes halogenated alkanes) is 1. The molecule has 0 aromatic heterocycles. The van der Waals surface area contributed by atoms with Crippen LogP contribution in [0.2, 0.25) is 0 Å². The van der Waals surface area contributed by atoms with Crippen LogP contribution in [0, 0.1) is 23.8 Å². The van der Waals surface area contributed by atoms with E-state index in [-0.39, 0.29) is 36.1 Å². The summed E-state index contributed by atoms with van der Waals surface area (Å²) in [5, 5.41) is 37.8. The first kappa shape index (κ1) is 35.7. The fraction of sp³-hybridized carbons (Fsp3) is 0.667. The van der Waals surface area contributed by atoms with Crippen molar-refractivity contribution in [2.75, 3.05) is 26.3 Å². The minimum absolute atomic E-state index is 0.0147. The molecule has 0 amide bonds. The van der Waals surface area contributed by atoms with Crippen LogP contribution in [0.5, 0.6) is 11.5 Å². The molecule has 47 heavy (non-hydrogen) atoms. The first-order chi connectivity index (χ1) is 22.8. The van der Waals surface area contributed by atoms with E-state index >= 15 is 0 Å². The Morgan fingerprint density at radius 1 is 1.15 bits per heavy atom. The highest BCUT2D eigenvalue weighted by Gasteiger charge is 2.41. The molecule has 1 aromatic rings. The van der Waals surface area contributed by atoms with Gasteiger partial charge >= 0.3 is 0 Å². The molecule has 2 fully saturated rings. The largest absolute Gasteiger partial charge is 0.592 e. The number of aliphatic imine (C=N–C) groups is 1. The summed E-state index contributed by atoms with van der Waals surface area (Å²) in [6, 6.07) is 6.47. The maximum atomic E-state index is 10.8. The lowest BCUT2D eigenvalue weighted by Crippen LogP contribution is -2.50. The minimum Gasteiger partial charge on any atom is -0.592 e. The molecule has 0 saturated heterocycles. The molecule has 8 heteroatoms. The average Bonchev–Trinajstić information content (AvgIpc) is 3.88. The minimum atomic E-state index is -0.367. The molecule has 0 bridgehead atoms. The normalized spacial score (nSPS) is 22.8. The van der Waals surface area contributed by atoms with Crippen LogP contribution in [0.4, 0.5) is 0 Å². The summed E-state index contributed by atoms with van der Waals surface area (Å²) in [7, 11) is 0.